The average molecular weight is 776 g/mol. The van der Waals surface area contributed by atoms with Crippen LogP contribution in [-0.2, 0) is 28.6 Å². The second-order valence-electron chi connectivity index (χ2n) is 9.94. The molecular weight excluding hydrogens is 743 g/mol. The number of carbonyl (C=O) groups excluding carboxylic acids is 6. The summed E-state index contributed by atoms with van der Waals surface area (Å²) in [5, 5.41) is 16.5. The van der Waals surface area contributed by atoms with Gasteiger partial charge < -0.3 is 23.9 Å². The van der Waals surface area contributed by atoms with Gasteiger partial charge in [-0.05, 0) is 57.2 Å². The van der Waals surface area contributed by atoms with Gasteiger partial charge in [-0.1, -0.05) is 81.5 Å². The van der Waals surface area contributed by atoms with E-state index in [1.54, 1.807) is 69.3 Å². The summed E-state index contributed by atoms with van der Waals surface area (Å²) in [5.41, 5.74) is 1.23. The third-order valence-electron chi connectivity index (χ3n) is 6.18. The van der Waals surface area contributed by atoms with E-state index in [2.05, 4.69) is 19.8 Å². The maximum atomic E-state index is 11.8. The first-order valence-corrected chi connectivity index (χ1v) is 16.5. The highest BCUT2D eigenvalue weighted by Gasteiger charge is 2.21. The minimum absolute atomic E-state index is 0.107. The lowest BCUT2D eigenvalue weighted by molar-refractivity contribution is -0.153. The number of nitrogens with zero attached hydrogens (tertiary/aromatic N) is 2. The quantitative estimate of drug-likeness (QED) is 0.0206. The number of esters is 3. The summed E-state index contributed by atoms with van der Waals surface area (Å²) in [6, 6.07) is 21.1. The van der Waals surface area contributed by atoms with Gasteiger partial charge in [0.25, 0.3) is 0 Å². The maximum absolute atomic E-state index is 11.8. The molecule has 1 heterocycles. The van der Waals surface area contributed by atoms with E-state index in [1.165, 1.54) is 24.3 Å². The van der Waals surface area contributed by atoms with Gasteiger partial charge in [-0.2, -0.15) is 0 Å². The Hall–Kier alpha value is -5.37. The molecule has 274 valence electrons. The zero-order chi connectivity index (χ0) is 38.6. The zero-order valence-corrected chi connectivity index (χ0v) is 30.4. The van der Waals surface area contributed by atoms with Crippen LogP contribution in [0, 0.1) is 0 Å². The predicted octanol–water partition coefficient (Wildman–Crippen LogP) is 7.52. The Morgan fingerprint density at radius 1 is 0.673 bits per heavy atom. The van der Waals surface area contributed by atoms with E-state index in [0.717, 1.165) is 5.56 Å². The molecule has 0 aliphatic carbocycles. The van der Waals surface area contributed by atoms with Gasteiger partial charge in [0.15, 0.2) is 28.7 Å². The molecule has 3 aromatic carbocycles. The van der Waals surface area contributed by atoms with Crippen LogP contribution in [0.2, 0.25) is 15.1 Å². The molecule has 0 aliphatic heterocycles. The molecule has 0 radical (unpaired) electrons. The molecule has 52 heavy (non-hydrogen) atoms. The second kappa shape index (κ2) is 22.4. The van der Waals surface area contributed by atoms with Crippen molar-refractivity contribution in [3.05, 3.63) is 111 Å². The van der Waals surface area contributed by atoms with Crippen LogP contribution in [0.25, 0.3) is 11.3 Å². The summed E-state index contributed by atoms with van der Waals surface area (Å²) in [4.78, 5) is 68.4. The Morgan fingerprint density at radius 2 is 1.17 bits per heavy atom. The molecule has 1 aromatic heterocycles. The van der Waals surface area contributed by atoms with Gasteiger partial charge in [0.1, 0.15) is 0 Å². The monoisotopic (exact) mass is 774 g/mol. The standard InChI is InChI=1S/C12H12ClNO4.C12H10ClNO3.C12H11ClO4/c1-2-18-12(16)10(14-17)7-11(15)8-4-3-5-9(13)6-8;1-2-16-12(15)10-7-11(17-14-10)8-4-3-5-9(13)6-8;1-2-17-12(16)11(15)7-10(14)8-4-3-5-9(13)6-8/h3-6,17H,2,7H2,1H3;3-7H,2H2,1H3;3-6H,2,7H2,1H3/b14-10+;;. The van der Waals surface area contributed by atoms with Gasteiger partial charge in [-0.15, -0.1) is 0 Å². The molecule has 0 aliphatic rings. The van der Waals surface area contributed by atoms with Crippen molar-refractivity contribution in [1.82, 2.24) is 5.16 Å². The van der Waals surface area contributed by atoms with Crippen molar-refractivity contribution in [1.29, 1.82) is 0 Å². The minimum atomic E-state index is -0.983. The Kier molecular flexibility index (Phi) is 18.5. The Labute approximate surface area is 313 Å². The number of rotatable bonds is 13. The number of aromatic nitrogens is 1. The molecule has 0 unspecified atom stereocenters. The number of benzene rings is 3. The van der Waals surface area contributed by atoms with Crippen LogP contribution in [0.5, 0.6) is 0 Å². The van der Waals surface area contributed by atoms with E-state index in [-0.39, 0.29) is 36.8 Å². The number of carbonyl (C=O) groups is 6. The summed E-state index contributed by atoms with van der Waals surface area (Å²) < 4.78 is 19.0. The number of ether oxygens (including phenoxy) is 3. The van der Waals surface area contributed by atoms with Gasteiger partial charge in [-0.3, -0.25) is 14.4 Å². The van der Waals surface area contributed by atoms with Crippen molar-refractivity contribution >= 4 is 75.8 Å². The molecule has 0 saturated heterocycles. The van der Waals surface area contributed by atoms with Crippen LogP contribution in [0.15, 0.2) is 88.5 Å². The molecule has 4 rings (SSSR count). The Balaban J connectivity index is 0.000000270. The van der Waals surface area contributed by atoms with E-state index >= 15 is 0 Å². The van der Waals surface area contributed by atoms with Crippen molar-refractivity contribution in [3.63, 3.8) is 0 Å². The predicted molar refractivity (Wildman–Crippen MR) is 191 cm³/mol. The first-order valence-electron chi connectivity index (χ1n) is 15.4. The van der Waals surface area contributed by atoms with Gasteiger partial charge in [0.05, 0.1) is 32.7 Å². The lowest BCUT2D eigenvalue weighted by Gasteiger charge is -2.04. The Bertz CT molecular complexity index is 1910. The molecule has 0 saturated carbocycles. The van der Waals surface area contributed by atoms with E-state index in [4.69, 9.17) is 49.3 Å². The van der Waals surface area contributed by atoms with Crippen molar-refractivity contribution in [3.8, 4) is 11.3 Å². The van der Waals surface area contributed by atoms with Crippen molar-refractivity contribution in [2.75, 3.05) is 19.8 Å². The molecule has 1 N–H and O–H groups in total. The largest absolute Gasteiger partial charge is 0.461 e. The first kappa shape index (κ1) is 42.8. The highest BCUT2D eigenvalue weighted by molar-refractivity contribution is 6.41. The molecule has 0 atom stereocenters. The highest BCUT2D eigenvalue weighted by atomic mass is 35.5. The minimum Gasteiger partial charge on any atom is -0.461 e. The topological polar surface area (TPSA) is 189 Å². The number of hydrogen-bond donors (Lipinski definition) is 1. The zero-order valence-electron chi connectivity index (χ0n) is 28.1. The van der Waals surface area contributed by atoms with Gasteiger partial charge in [-0.25, -0.2) is 14.4 Å². The van der Waals surface area contributed by atoms with Crippen molar-refractivity contribution in [2.24, 2.45) is 5.16 Å². The second-order valence-corrected chi connectivity index (χ2v) is 11.2. The van der Waals surface area contributed by atoms with Crippen LogP contribution in [0.4, 0.5) is 0 Å². The van der Waals surface area contributed by atoms with Crippen molar-refractivity contribution < 1.29 is 52.7 Å². The normalized spacial score (nSPS) is 10.4. The van der Waals surface area contributed by atoms with Gasteiger partial charge in [0, 0.05) is 37.8 Å². The lowest BCUT2D eigenvalue weighted by atomic mass is 10.1. The van der Waals surface area contributed by atoms with Crippen LogP contribution in [0.3, 0.4) is 0 Å². The fraction of sp³-hybridized carbons (Fsp3) is 0.222. The third-order valence-corrected chi connectivity index (χ3v) is 6.89. The molecule has 0 fully saturated rings. The third kappa shape index (κ3) is 14.5. The molecule has 0 amide bonds. The van der Waals surface area contributed by atoms with E-state index in [0.29, 0.717) is 38.6 Å². The number of Topliss-reactive ketones (excluding diaryl/α,β-unsaturated/α-hetero) is 3. The van der Waals surface area contributed by atoms with Crippen LogP contribution in [-0.4, -0.2) is 71.2 Å². The van der Waals surface area contributed by atoms with E-state index in [9.17, 15) is 28.8 Å². The van der Waals surface area contributed by atoms with E-state index < -0.39 is 35.9 Å². The summed E-state index contributed by atoms with van der Waals surface area (Å²) >= 11 is 17.3. The molecule has 16 heteroatoms. The fourth-order valence-electron chi connectivity index (χ4n) is 3.83. The fourth-order valence-corrected chi connectivity index (χ4v) is 4.40. The molecule has 0 spiro atoms. The SMILES string of the molecule is CCOC(=O)/C(CC(=O)c1cccc(Cl)c1)=N/O.CCOC(=O)C(=O)CC(=O)c1cccc(Cl)c1.CCOC(=O)c1cc(-c2cccc(Cl)c2)on1. The van der Waals surface area contributed by atoms with Crippen LogP contribution < -0.4 is 0 Å². The summed E-state index contributed by atoms with van der Waals surface area (Å²) in [5.74, 6) is -3.49. The van der Waals surface area contributed by atoms with Crippen LogP contribution >= 0.6 is 34.8 Å². The molecule has 13 nitrogen and oxygen atoms in total. The average Bonchev–Trinajstić information content (AvgIpc) is 3.62. The summed E-state index contributed by atoms with van der Waals surface area (Å²) in [6.07, 6.45) is -0.838. The van der Waals surface area contributed by atoms with Crippen molar-refractivity contribution in [2.45, 2.75) is 33.6 Å². The number of oxime groups is 1. The smallest absolute Gasteiger partial charge is 0.375 e. The van der Waals surface area contributed by atoms with Gasteiger partial charge in [0.2, 0.25) is 5.78 Å². The van der Waals surface area contributed by atoms with Crippen LogP contribution in [0.1, 0.15) is 64.8 Å². The highest BCUT2D eigenvalue weighted by Crippen LogP contribution is 2.23. The summed E-state index contributed by atoms with van der Waals surface area (Å²) in [6.45, 7) is 5.49. The summed E-state index contributed by atoms with van der Waals surface area (Å²) in [7, 11) is 0. The van der Waals surface area contributed by atoms with Gasteiger partial charge >= 0.3 is 17.9 Å². The van der Waals surface area contributed by atoms with E-state index in [1.807, 2.05) is 6.07 Å². The lowest BCUT2D eigenvalue weighted by Crippen LogP contribution is -2.21. The molecular formula is C36H33Cl3N2O11. The number of halogens is 3. The first-order chi connectivity index (χ1) is 24.8. The molecule has 0 bridgehead atoms. The number of ketones is 3. The maximum Gasteiger partial charge on any atom is 0.375 e. The molecule has 4 aromatic rings. The Morgan fingerprint density at radius 3 is 1.67 bits per heavy atom. The number of hydrogen-bond acceptors (Lipinski definition) is 13.